The van der Waals surface area contributed by atoms with Crippen LogP contribution in [0.3, 0.4) is 0 Å². The van der Waals surface area contributed by atoms with E-state index in [9.17, 15) is 4.79 Å². The molecule has 21 heavy (non-hydrogen) atoms. The van der Waals surface area contributed by atoms with Gasteiger partial charge in [0.25, 0.3) is 0 Å². The fourth-order valence-corrected chi connectivity index (χ4v) is 2.92. The summed E-state index contributed by atoms with van der Waals surface area (Å²) in [5.74, 6) is 1.41. The molecule has 0 aliphatic heterocycles. The Balaban J connectivity index is 1.44. The van der Waals surface area contributed by atoms with Crippen LogP contribution < -0.4 is 5.32 Å². The van der Waals surface area contributed by atoms with E-state index >= 15 is 0 Å². The fraction of sp³-hybridized carbons (Fsp3) is 0.500. The van der Waals surface area contributed by atoms with Crippen LogP contribution in [0, 0.1) is 11.8 Å². The lowest BCUT2D eigenvalue weighted by Gasteiger charge is -2.04. The van der Waals surface area contributed by atoms with Gasteiger partial charge >= 0.3 is 0 Å². The van der Waals surface area contributed by atoms with Gasteiger partial charge in [-0.05, 0) is 67.7 Å². The monoisotopic (exact) mass is 283 g/mol. The molecule has 1 amide bonds. The van der Waals surface area contributed by atoms with E-state index in [-0.39, 0.29) is 11.8 Å². The van der Waals surface area contributed by atoms with E-state index in [2.05, 4.69) is 23.5 Å². The molecule has 3 heteroatoms. The Hall–Kier alpha value is -1.77. The van der Waals surface area contributed by atoms with Crippen LogP contribution in [0.5, 0.6) is 0 Å². The Kier molecular flexibility index (Phi) is 3.21. The first-order valence-corrected chi connectivity index (χ1v) is 8.06. The number of amides is 1. The van der Waals surface area contributed by atoms with Gasteiger partial charge in [0.1, 0.15) is 5.58 Å². The molecule has 1 N–H and O–H groups in total. The van der Waals surface area contributed by atoms with E-state index < -0.39 is 0 Å². The molecule has 2 saturated carbocycles. The third-order valence-electron chi connectivity index (χ3n) is 4.58. The van der Waals surface area contributed by atoms with Crippen LogP contribution >= 0.6 is 0 Å². The zero-order valence-corrected chi connectivity index (χ0v) is 12.2. The van der Waals surface area contributed by atoms with E-state index in [0.717, 1.165) is 30.8 Å². The molecule has 2 aromatic rings. The highest BCUT2D eigenvalue weighted by atomic mass is 16.3. The van der Waals surface area contributed by atoms with Crippen molar-refractivity contribution in [2.45, 2.75) is 38.5 Å². The predicted molar refractivity (Wildman–Crippen MR) is 82.1 cm³/mol. The van der Waals surface area contributed by atoms with Crippen molar-refractivity contribution in [1.29, 1.82) is 0 Å². The van der Waals surface area contributed by atoms with Crippen LogP contribution in [0.4, 0.5) is 0 Å². The lowest BCUT2D eigenvalue weighted by atomic mass is 10.0. The Labute approximate surface area is 124 Å². The highest BCUT2D eigenvalue weighted by Gasteiger charge is 2.29. The summed E-state index contributed by atoms with van der Waals surface area (Å²) >= 11 is 0. The summed E-state index contributed by atoms with van der Waals surface area (Å²) in [4.78, 5) is 11.6. The zero-order valence-electron chi connectivity index (χ0n) is 12.2. The summed E-state index contributed by atoms with van der Waals surface area (Å²) in [6.07, 6.45) is 8.76. The number of hydrogen-bond donors (Lipinski definition) is 1. The van der Waals surface area contributed by atoms with Gasteiger partial charge in [-0.15, -0.1) is 0 Å². The van der Waals surface area contributed by atoms with Crippen LogP contribution in [0.25, 0.3) is 11.0 Å². The van der Waals surface area contributed by atoms with E-state index in [1.165, 1.54) is 35.8 Å². The molecule has 3 nitrogen and oxygen atoms in total. The van der Waals surface area contributed by atoms with Crippen LogP contribution in [-0.4, -0.2) is 12.5 Å². The molecule has 1 heterocycles. The average molecular weight is 283 g/mol. The van der Waals surface area contributed by atoms with Crippen LogP contribution in [0.2, 0.25) is 0 Å². The second kappa shape index (κ2) is 5.21. The lowest BCUT2D eigenvalue weighted by molar-refractivity contribution is -0.122. The maximum absolute atomic E-state index is 11.6. The molecule has 4 rings (SSSR count). The second-order valence-corrected chi connectivity index (χ2v) is 6.55. The van der Waals surface area contributed by atoms with E-state index in [1.807, 2.05) is 6.26 Å². The maximum Gasteiger partial charge on any atom is 0.223 e. The summed E-state index contributed by atoms with van der Waals surface area (Å²) in [6.45, 7) is 0.705. The van der Waals surface area contributed by atoms with Crippen LogP contribution in [0.15, 0.2) is 28.9 Å². The molecule has 0 bridgehead atoms. The first-order chi connectivity index (χ1) is 10.3. The maximum atomic E-state index is 11.6. The van der Waals surface area contributed by atoms with Crippen molar-refractivity contribution in [3.63, 3.8) is 0 Å². The molecule has 1 aromatic carbocycles. The fourth-order valence-electron chi connectivity index (χ4n) is 2.92. The number of nitrogens with one attached hydrogen (secondary N) is 1. The molecule has 0 unspecified atom stereocenters. The van der Waals surface area contributed by atoms with Gasteiger partial charge in [0.2, 0.25) is 5.91 Å². The summed E-state index contributed by atoms with van der Waals surface area (Å²) in [5.41, 5.74) is 3.58. The van der Waals surface area contributed by atoms with Gasteiger partial charge in [-0.1, -0.05) is 6.07 Å². The number of rotatable bonds is 6. The minimum absolute atomic E-state index is 0.220. The molecule has 1 aromatic heterocycles. The van der Waals surface area contributed by atoms with Crippen molar-refractivity contribution < 1.29 is 9.21 Å². The van der Waals surface area contributed by atoms with Gasteiger partial charge in [-0.2, -0.15) is 0 Å². The first kappa shape index (κ1) is 12.9. The number of furan rings is 1. The molecule has 2 aliphatic rings. The Morgan fingerprint density at radius 1 is 1.24 bits per heavy atom. The third kappa shape index (κ3) is 2.97. The zero-order chi connectivity index (χ0) is 14.2. The number of hydrogen-bond acceptors (Lipinski definition) is 2. The quantitative estimate of drug-likeness (QED) is 0.882. The summed E-state index contributed by atoms with van der Waals surface area (Å²) in [7, 11) is 0. The predicted octanol–water partition coefficient (Wildman–Crippen LogP) is 3.45. The molecule has 0 radical (unpaired) electrons. The summed E-state index contributed by atoms with van der Waals surface area (Å²) in [5, 5.41) is 4.24. The topological polar surface area (TPSA) is 42.2 Å². The minimum Gasteiger partial charge on any atom is -0.464 e. The van der Waals surface area contributed by atoms with E-state index in [0.29, 0.717) is 6.54 Å². The molecule has 110 valence electrons. The van der Waals surface area contributed by atoms with Gasteiger partial charge in [0.05, 0.1) is 6.26 Å². The van der Waals surface area contributed by atoms with E-state index in [1.54, 1.807) is 0 Å². The van der Waals surface area contributed by atoms with E-state index in [4.69, 9.17) is 4.42 Å². The van der Waals surface area contributed by atoms with Crippen molar-refractivity contribution in [3.8, 4) is 0 Å². The SMILES string of the molecule is O=C(NCCc1coc2ccc(CC3CC3)cc12)C1CC1. The molecular formula is C18H21NO2. The molecule has 0 saturated heterocycles. The van der Waals surface area contributed by atoms with Gasteiger partial charge in [0, 0.05) is 17.8 Å². The Morgan fingerprint density at radius 3 is 2.86 bits per heavy atom. The molecule has 0 atom stereocenters. The number of benzene rings is 1. The largest absolute Gasteiger partial charge is 0.464 e. The van der Waals surface area contributed by atoms with Gasteiger partial charge < -0.3 is 9.73 Å². The van der Waals surface area contributed by atoms with Crippen molar-refractivity contribution in [2.75, 3.05) is 6.54 Å². The lowest BCUT2D eigenvalue weighted by Crippen LogP contribution is -2.26. The number of carbonyl (C=O) groups excluding carboxylic acids is 1. The summed E-state index contributed by atoms with van der Waals surface area (Å²) in [6, 6.07) is 6.54. The Bertz CT molecular complexity index is 665. The van der Waals surface area contributed by atoms with Crippen molar-refractivity contribution >= 4 is 16.9 Å². The van der Waals surface area contributed by atoms with Crippen molar-refractivity contribution in [1.82, 2.24) is 5.32 Å². The van der Waals surface area contributed by atoms with Crippen LogP contribution in [-0.2, 0) is 17.6 Å². The van der Waals surface area contributed by atoms with Crippen LogP contribution in [0.1, 0.15) is 36.8 Å². The standard InChI is InChI=1S/C18H21NO2/c20-18(14-4-5-14)19-8-7-15-11-21-17-6-3-13(10-16(15)17)9-12-1-2-12/h3,6,10-12,14H,1-2,4-5,7-9H2,(H,19,20). The molecular weight excluding hydrogens is 262 g/mol. The molecule has 2 fully saturated rings. The van der Waals surface area contributed by atoms with Crippen molar-refractivity contribution in [3.05, 3.63) is 35.6 Å². The normalized spacial score (nSPS) is 18.1. The highest BCUT2D eigenvalue weighted by molar-refractivity contribution is 5.82. The van der Waals surface area contributed by atoms with Gasteiger partial charge in [-0.25, -0.2) is 0 Å². The number of fused-ring (bicyclic) bond motifs is 1. The average Bonchev–Trinajstić information content (AvgIpc) is 3.38. The first-order valence-electron chi connectivity index (χ1n) is 8.06. The van der Waals surface area contributed by atoms with Gasteiger partial charge in [0.15, 0.2) is 0 Å². The number of carbonyl (C=O) groups is 1. The highest BCUT2D eigenvalue weighted by Crippen LogP contribution is 2.34. The minimum atomic E-state index is 0.220. The third-order valence-corrected chi connectivity index (χ3v) is 4.58. The molecule has 0 spiro atoms. The second-order valence-electron chi connectivity index (χ2n) is 6.55. The summed E-state index contributed by atoms with van der Waals surface area (Å²) < 4.78 is 5.63. The Morgan fingerprint density at radius 2 is 2.10 bits per heavy atom. The smallest absolute Gasteiger partial charge is 0.223 e. The van der Waals surface area contributed by atoms with Crippen molar-refractivity contribution in [2.24, 2.45) is 11.8 Å². The molecule has 2 aliphatic carbocycles. The van der Waals surface area contributed by atoms with Gasteiger partial charge in [-0.3, -0.25) is 4.79 Å².